The molecule has 1 aromatic carbocycles. The van der Waals surface area contributed by atoms with Crippen LogP contribution in [0.4, 0.5) is 0 Å². The van der Waals surface area contributed by atoms with Crippen LogP contribution in [0.5, 0.6) is 0 Å². The summed E-state index contributed by atoms with van der Waals surface area (Å²) in [6, 6.07) is 7.76. The van der Waals surface area contributed by atoms with Crippen molar-refractivity contribution in [3.05, 3.63) is 35.4 Å². The Morgan fingerprint density at radius 3 is 2.19 bits per heavy atom. The molecule has 0 heterocycles. The zero-order valence-electron chi connectivity index (χ0n) is 13.0. The van der Waals surface area contributed by atoms with Crippen molar-refractivity contribution in [2.24, 2.45) is 0 Å². The minimum atomic E-state index is -3.28. The summed E-state index contributed by atoms with van der Waals surface area (Å²) in [6.07, 6.45) is 4.17. The van der Waals surface area contributed by atoms with E-state index in [4.69, 9.17) is 0 Å². The summed E-state index contributed by atoms with van der Waals surface area (Å²) in [4.78, 5) is 0. The van der Waals surface area contributed by atoms with E-state index in [-0.39, 0.29) is 11.5 Å². The van der Waals surface area contributed by atoms with E-state index in [0.717, 1.165) is 24.8 Å². The normalized spacial score (nSPS) is 18.9. The number of hydrogen-bond donors (Lipinski definition) is 1. The van der Waals surface area contributed by atoms with Crippen LogP contribution in [0.1, 0.15) is 63.0 Å². The van der Waals surface area contributed by atoms with Gasteiger partial charge in [-0.15, -0.1) is 0 Å². The molecule has 0 aliphatic heterocycles. The number of hydrogen-bond acceptors (Lipinski definition) is 3. The molecular weight excluding hydrogens is 284 g/mol. The van der Waals surface area contributed by atoms with E-state index in [1.165, 1.54) is 5.56 Å². The Bertz CT molecular complexity index is 552. The van der Waals surface area contributed by atoms with E-state index in [1.54, 1.807) is 0 Å². The third kappa shape index (κ3) is 4.82. The fraction of sp³-hybridized carbons (Fsp3) is 0.647. The van der Waals surface area contributed by atoms with Gasteiger partial charge in [-0.1, -0.05) is 57.4 Å². The Hall–Kier alpha value is -0.870. The molecule has 1 N–H and O–H groups in total. The van der Waals surface area contributed by atoms with Gasteiger partial charge in [0.05, 0.1) is 17.1 Å². The first-order chi connectivity index (χ1) is 9.80. The van der Waals surface area contributed by atoms with Crippen molar-refractivity contribution in [2.75, 3.05) is 5.75 Å². The van der Waals surface area contributed by atoms with Gasteiger partial charge in [0.1, 0.15) is 0 Å². The summed E-state index contributed by atoms with van der Waals surface area (Å²) >= 11 is 0. The van der Waals surface area contributed by atoms with Gasteiger partial charge in [0.15, 0.2) is 9.84 Å². The second-order valence-electron chi connectivity index (χ2n) is 6.71. The fourth-order valence-electron chi connectivity index (χ4n) is 3.07. The molecule has 0 spiro atoms. The molecule has 1 fully saturated rings. The van der Waals surface area contributed by atoms with Crippen molar-refractivity contribution in [1.29, 1.82) is 0 Å². The summed E-state index contributed by atoms with van der Waals surface area (Å²) in [6.45, 7) is 4.23. The lowest BCUT2D eigenvalue weighted by atomic mass is 9.86. The molecule has 1 saturated carbocycles. The van der Waals surface area contributed by atoms with Crippen LogP contribution in [0.3, 0.4) is 0 Å². The van der Waals surface area contributed by atoms with Gasteiger partial charge in [0, 0.05) is 0 Å². The van der Waals surface area contributed by atoms with Crippen LogP contribution in [-0.2, 0) is 15.6 Å². The van der Waals surface area contributed by atoms with Gasteiger partial charge in [-0.3, -0.25) is 0 Å². The third-order valence-electron chi connectivity index (χ3n) is 4.31. The summed E-state index contributed by atoms with van der Waals surface area (Å²) in [5, 5.41) is 10.4. The Balaban J connectivity index is 2.03. The molecule has 3 nitrogen and oxygen atoms in total. The van der Waals surface area contributed by atoms with Gasteiger partial charge in [-0.25, -0.2) is 8.42 Å². The van der Waals surface area contributed by atoms with Gasteiger partial charge in [-0.05, 0) is 29.9 Å². The van der Waals surface area contributed by atoms with Crippen LogP contribution in [0.25, 0.3) is 0 Å². The molecule has 0 amide bonds. The molecular formula is C17H26O3S. The second kappa shape index (κ2) is 6.49. The van der Waals surface area contributed by atoms with Crippen LogP contribution in [0.15, 0.2) is 24.3 Å². The zero-order valence-corrected chi connectivity index (χ0v) is 13.8. The summed E-state index contributed by atoms with van der Waals surface area (Å²) in [5.74, 6) is 0.359. The predicted octanol–water partition coefficient (Wildman–Crippen LogP) is 3.42. The minimum Gasteiger partial charge on any atom is -0.389 e. The molecule has 1 aromatic rings. The topological polar surface area (TPSA) is 54.4 Å². The molecule has 1 aliphatic rings. The van der Waals surface area contributed by atoms with E-state index >= 15 is 0 Å². The lowest BCUT2D eigenvalue weighted by Crippen LogP contribution is -2.39. The molecule has 118 valence electrons. The molecule has 0 unspecified atom stereocenters. The van der Waals surface area contributed by atoms with Crippen LogP contribution in [0.2, 0.25) is 0 Å². The number of rotatable bonds is 5. The Labute approximate surface area is 128 Å². The Kier molecular flexibility index (Phi) is 5.10. The van der Waals surface area contributed by atoms with Crippen LogP contribution >= 0.6 is 0 Å². The van der Waals surface area contributed by atoms with Crippen LogP contribution in [-0.4, -0.2) is 24.9 Å². The van der Waals surface area contributed by atoms with E-state index in [1.807, 2.05) is 24.3 Å². The molecule has 1 aliphatic carbocycles. The molecule has 0 radical (unpaired) electrons. The van der Waals surface area contributed by atoms with Gasteiger partial charge < -0.3 is 5.11 Å². The average molecular weight is 310 g/mol. The van der Waals surface area contributed by atoms with Gasteiger partial charge in [-0.2, -0.15) is 0 Å². The van der Waals surface area contributed by atoms with Crippen molar-refractivity contribution in [3.63, 3.8) is 0 Å². The monoisotopic (exact) mass is 310 g/mol. The first-order valence-corrected chi connectivity index (χ1v) is 9.63. The smallest absolute Gasteiger partial charge is 0.157 e. The molecule has 0 bridgehead atoms. The van der Waals surface area contributed by atoms with E-state index in [2.05, 4.69) is 13.8 Å². The first kappa shape index (κ1) is 16.5. The highest BCUT2D eigenvalue weighted by molar-refractivity contribution is 7.90. The zero-order chi connectivity index (χ0) is 15.5. The molecule has 0 saturated heterocycles. The van der Waals surface area contributed by atoms with Crippen molar-refractivity contribution in [3.8, 4) is 0 Å². The van der Waals surface area contributed by atoms with Crippen molar-refractivity contribution in [2.45, 2.75) is 63.2 Å². The Morgan fingerprint density at radius 1 is 1.10 bits per heavy atom. The SMILES string of the molecule is CC(C)c1ccc(CS(=O)(=O)CC2(O)CCCCC2)cc1. The molecule has 2 rings (SSSR count). The highest BCUT2D eigenvalue weighted by Crippen LogP contribution is 2.30. The largest absolute Gasteiger partial charge is 0.389 e. The maximum atomic E-state index is 12.3. The molecule has 4 heteroatoms. The fourth-order valence-corrected chi connectivity index (χ4v) is 4.98. The van der Waals surface area contributed by atoms with Crippen molar-refractivity contribution >= 4 is 9.84 Å². The van der Waals surface area contributed by atoms with Gasteiger partial charge in [0.2, 0.25) is 0 Å². The predicted molar refractivity (Wildman–Crippen MR) is 86.1 cm³/mol. The van der Waals surface area contributed by atoms with Crippen molar-refractivity contribution < 1.29 is 13.5 Å². The van der Waals surface area contributed by atoms with Crippen molar-refractivity contribution in [1.82, 2.24) is 0 Å². The number of benzene rings is 1. The molecule has 0 atom stereocenters. The minimum absolute atomic E-state index is 0.0215. The van der Waals surface area contributed by atoms with E-state index in [9.17, 15) is 13.5 Å². The second-order valence-corrected chi connectivity index (χ2v) is 8.78. The van der Waals surface area contributed by atoms with Crippen LogP contribution < -0.4 is 0 Å². The third-order valence-corrected chi connectivity index (χ3v) is 6.06. The summed E-state index contributed by atoms with van der Waals surface area (Å²) in [7, 11) is -3.28. The van der Waals surface area contributed by atoms with E-state index in [0.29, 0.717) is 18.8 Å². The molecule has 0 aromatic heterocycles. The quantitative estimate of drug-likeness (QED) is 0.906. The number of sulfone groups is 1. The maximum absolute atomic E-state index is 12.3. The van der Waals surface area contributed by atoms with E-state index < -0.39 is 15.4 Å². The standard InChI is InChI=1S/C17H26O3S/c1-14(2)16-8-6-15(7-9-16)12-21(19,20)13-17(18)10-4-3-5-11-17/h6-9,14,18H,3-5,10-13H2,1-2H3. The average Bonchev–Trinajstić information content (AvgIpc) is 2.38. The summed E-state index contributed by atoms with van der Waals surface area (Å²) < 4.78 is 24.7. The summed E-state index contributed by atoms with van der Waals surface area (Å²) in [5.41, 5.74) is 1.01. The highest BCUT2D eigenvalue weighted by Gasteiger charge is 2.34. The first-order valence-electron chi connectivity index (χ1n) is 7.81. The van der Waals surface area contributed by atoms with Crippen LogP contribution in [0, 0.1) is 0 Å². The Morgan fingerprint density at radius 2 is 1.67 bits per heavy atom. The lowest BCUT2D eigenvalue weighted by Gasteiger charge is -2.31. The highest BCUT2D eigenvalue weighted by atomic mass is 32.2. The maximum Gasteiger partial charge on any atom is 0.157 e. The van der Waals surface area contributed by atoms with Gasteiger partial charge in [0.25, 0.3) is 0 Å². The van der Waals surface area contributed by atoms with Gasteiger partial charge >= 0.3 is 0 Å². The molecule has 21 heavy (non-hydrogen) atoms. The lowest BCUT2D eigenvalue weighted by molar-refractivity contribution is 0.0257. The number of aliphatic hydroxyl groups is 1.